The topological polar surface area (TPSA) is 32.3 Å². The maximum Gasteiger partial charge on any atom is 0.219 e. The molecule has 1 amide bonds. The van der Waals surface area contributed by atoms with Crippen LogP contribution in [0.4, 0.5) is 0 Å². The van der Waals surface area contributed by atoms with Gasteiger partial charge in [0.05, 0.1) is 0 Å². The first-order valence-electron chi connectivity index (χ1n) is 7.89. The molecule has 1 saturated heterocycles. The van der Waals surface area contributed by atoms with Gasteiger partial charge in [-0.15, -0.1) is 0 Å². The Bertz CT molecular complexity index is 488. The Morgan fingerprint density at radius 3 is 2.33 bits per heavy atom. The maximum absolute atomic E-state index is 11.3. The van der Waals surface area contributed by atoms with E-state index < -0.39 is 0 Å². The Kier molecular flexibility index (Phi) is 4.51. The zero-order valence-corrected chi connectivity index (χ0v) is 13.3. The minimum absolute atomic E-state index is 0.208. The third kappa shape index (κ3) is 3.58. The van der Waals surface area contributed by atoms with Gasteiger partial charge in [-0.1, -0.05) is 23.7 Å². The van der Waals surface area contributed by atoms with Gasteiger partial charge in [-0.05, 0) is 49.3 Å². The van der Waals surface area contributed by atoms with Crippen LogP contribution in [0.3, 0.4) is 0 Å². The lowest BCUT2D eigenvalue weighted by Gasteiger charge is -2.41. The summed E-state index contributed by atoms with van der Waals surface area (Å²) < 4.78 is 0. The molecule has 3 nitrogen and oxygen atoms in total. The van der Waals surface area contributed by atoms with Crippen molar-refractivity contribution in [3.8, 4) is 0 Å². The molecule has 2 aliphatic rings. The number of hydrogen-bond acceptors (Lipinski definition) is 2. The number of carbonyl (C=O) groups is 1. The second-order valence-electron chi connectivity index (χ2n) is 6.36. The van der Waals surface area contributed by atoms with Gasteiger partial charge < -0.3 is 10.2 Å². The number of likely N-dealkylation sites (tertiary alicyclic amines) is 1. The van der Waals surface area contributed by atoms with Crippen LogP contribution >= 0.6 is 11.6 Å². The number of rotatable bonds is 3. The highest BCUT2D eigenvalue weighted by molar-refractivity contribution is 6.30. The van der Waals surface area contributed by atoms with Crippen molar-refractivity contribution in [3.63, 3.8) is 0 Å². The van der Waals surface area contributed by atoms with E-state index in [2.05, 4.69) is 17.4 Å². The average Bonchev–Trinajstić information content (AvgIpc) is 2.44. The van der Waals surface area contributed by atoms with E-state index in [0.29, 0.717) is 18.0 Å². The van der Waals surface area contributed by atoms with Gasteiger partial charge in [0.25, 0.3) is 0 Å². The van der Waals surface area contributed by atoms with Gasteiger partial charge in [-0.3, -0.25) is 4.79 Å². The second-order valence-corrected chi connectivity index (χ2v) is 6.80. The molecular formula is C17H23ClN2O. The fourth-order valence-corrected chi connectivity index (χ4v) is 3.58. The highest BCUT2D eigenvalue weighted by Gasteiger charge is 2.32. The van der Waals surface area contributed by atoms with Gasteiger partial charge in [-0.25, -0.2) is 0 Å². The van der Waals surface area contributed by atoms with Crippen molar-refractivity contribution < 1.29 is 4.79 Å². The summed E-state index contributed by atoms with van der Waals surface area (Å²) in [5.41, 5.74) is 1.41. The van der Waals surface area contributed by atoms with E-state index in [-0.39, 0.29) is 5.91 Å². The fraction of sp³-hybridized carbons (Fsp3) is 0.588. The summed E-state index contributed by atoms with van der Waals surface area (Å²) >= 11 is 5.93. The molecule has 2 fully saturated rings. The summed E-state index contributed by atoms with van der Waals surface area (Å²) in [6, 6.07) is 9.48. The van der Waals surface area contributed by atoms with Crippen molar-refractivity contribution >= 4 is 17.5 Å². The number of carbonyl (C=O) groups excluding carboxylic acids is 1. The Labute approximate surface area is 131 Å². The second kappa shape index (κ2) is 6.37. The van der Waals surface area contributed by atoms with E-state index in [9.17, 15) is 4.79 Å². The van der Waals surface area contributed by atoms with Gasteiger partial charge in [0, 0.05) is 37.1 Å². The minimum Gasteiger partial charge on any atom is -0.343 e. The molecule has 4 heteroatoms. The summed E-state index contributed by atoms with van der Waals surface area (Å²) in [4.78, 5) is 13.3. The molecular weight excluding hydrogens is 284 g/mol. The van der Waals surface area contributed by atoms with Crippen molar-refractivity contribution in [3.05, 3.63) is 34.9 Å². The first-order chi connectivity index (χ1) is 10.1. The number of nitrogens with one attached hydrogen (secondary N) is 1. The summed E-state index contributed by atoms with van der Waals surface area (Å²) in [7, 11) is 0. The Hall–Kier alpha value is -1.06. The van der Waals surface area contributed by atoms with Crippen LogP contribution in [0.1, 0.15) is 44.1 Å². The molecule has 0 radical (unpaired) electrons. The SMILES string of the molecule is CC(=O)N1CCC(NC2CC(c3ccc(Cl)cc3)C2)CC1. The predicted octanol–water partition coefficient (Wildman–Crippen LogP) is 3.19. The number of piperidine rings is 1. The first-order valence-corrected chi connectivity index (χ1v) is 8.26. The lowest BCUT2D eigenvalue weighted by molar-refractivity contribution is -0.129. The van der Waals surface area contributed by atoms with Gasteiger partial charge in [-0.2, -0.15) is 0 Å². The van der Waals surface area contributed by atoms with E-state index in [0.717, 1.165) is 31.0 Å². The molecule has 0 aromatic heterocycles. The number of amides is 1. The molecule has 0 unspecified atom stereocenters. The summed E-state index contributed by atoms with van der Waals surface area (Å²) in [5.74, 6) is 0.886. The molecule has 1 heterocycles. The standard InChI is InChI=1S/C17H23ClN2O/c1-12(21)20-8-6-16(7-9-20)19-17-10-14(11-17)13-2-4-15(18)5-3-13/h2-5,14,16-17,19H,6-11H2,1H3. The first kappa shape index (κ1) is 14.9. The Balaban J connectivity index is 1.41. The van der Waals surface area contributed by atoms with Crippen LogP contribution < -0.4 is 5.32 Å². The molecule has 1 aromatic carbocycles. The van der Waals surface area contributed by atoms with E-state index >= 15 is 0 Å². The number of hydrogen-bond donors (Lipinski definition) is 1. The largest absolute Gasteiger partial charge is 0.343 e. The van der Waals surface area contributed by atoms with Crippen LogP contribution in [0.15, 0.2) is 24.3 Å². The molecule has 1 saturated carbocycles. The van der Waals surface area contributed by atoms with Crippen LogP contribution in [0.2, 0.25) is 5.02 Å². The van der Waals surface area contributed by atoms with Gasteiger partial charge in [0.1, 0.15) is 0 Å². The van der Waals surface area contributed by atoms with Crippen molar-refractivity contribution in [2.45, 2.75) is 50.6 Å². The van der Waals surface area contributed by atoms with Gasteiger partial charge in [0.2, 0.25) is 5.91 Å². The average molecular weight is 307 g/mol. The monoisotopic (exact) mass is 306 g/mol. The Morgan fingerprint density at radius 2 is 1.76 bits per heavy atom. The van der Waals surface area contributed by atoms with E-state index in [1.807, 2.05) is 17.0 Å². The minimum atomic E-state index is 0.208. The van der Waals surface area contributed by atoms with Gasteiger partial charge in [0.15, 0.2) is 0 Å². The van der Waals surface area contributed by atoms with Crippen LogP contribution in [0.25, 0.3) is 0 Å². The third-order valence-electron chi connectivity index (χ3n) is 4.89. The summed E-state index contributed by atoms with van der Waals surface area (Å²) in [6.45, 7) is 3.47. The fourth-order valence-electron chi connectivity index (χ4n) is 3.46. The van der Waals surface area contributed by atoms with Crippen LogP contribution in [-0.2, 0) is 4.79 Å². The molecule has 3 rings (SSSR count). The molecule has 0 atom stereocenters. The molecule has 1 aliphatic heterocycles. The van der Waals surface area contributed by atoms with E-state index in [4.69, 9.17) is 11.6 Å². The van der Waals surface area contributed by atoms with Crippen molar-refractivity contribution in [1.29, 1.82) is 0 Å². The third-order valence-corrected chi connectivity index (χ3v) is 5.14. The normalized spacial score (nSPS) is 26.5. The van der Waals surface area contributed by atoms with Crippen LogP contribution in [0, 0.1) is 0 Å². The highest BCUT2D eigenvalue weighted by Crippen LogP contribution is 2.37. The van der Waals surface area contributed by atoms with E-state index in [1.165, 1.54) is 18.4 Å². The van der Waals surface area contributed by atoms with E-state index in [1.54, 1.807) is 6.92 Å². The van der Waals surface area contributed by atoms with Crippen LogP contribution in [-0.4, -0.2) is 36.0 Å². The zero-order valence-electron chi connectivity index (χ0n) is 12.5. The van der Waals surface area contributed by atoms with Crippen molar-refractivity contribution in [2.75, 3.05) is 13.1 Å². The lowest BCUT2D eigenvalue weighted by Crippen LogP contribution is -2.50. The molecule has 1 aliphatic carbocycles. The molecule has 1 aromatic rings. The Morgan fingerprint density at radius 1 is 1.14 bits per heavy atom. The van der Waals surface area contributed by atoms with Gasteiger partial charge >= 0.3 is 0 Å². The van der Waals surface area contributed by atoms with Crippen molar-refractivity contribution in [2.24, 2.45) is 0 Å². The number of halogens is 1. The van der Waals surface area contributed by atoms with Crippen LogP contribution in [0.5, 0.6) is 0 Å². The number of nitrogens with zero attached hydrogens (tertiary/aromatic N) is 1. The summed E-state index contributed by atoms with van der Waals surface area (Å²) in [5, 5.41) is 4.57. The molecule has 1 N–H and O–H groups in total. The highest BCUT2D eigenvalue weighted by atomic mass is 35.5. The number of benzene rings is 1. The predicted molar refractivity (Wildman–Crippen MR) is 85.6 cm³/mol. The zero-order chi connectivity index (χ0) is 14.8. The summed E-state index contributed by atoms with van der Waals surface area (Å²) in [6.07, 6.45) is 4.60. The maximum atomic E-state index is 11.3. The molecule has 0 bridgehead atoms. The quantitative estimate of drug-likeness (QED) is 0.930. The lowest BCUT2D eigenvalue weighted by atomic mass is 9.75. The molecule has 0 spiro atoms. The molecule has 21 heavy (non-hydrogen) atoms. The molecule has 114 valence electrons. The van der Waals surface area contributed by atoms with Crippen molar-refractivity contribution in [1.82, 2.24) is 10.2 Å². The smallest absolute Gasteiger partial charge is 0.219 e.